The zero-order valence-electron chi connectivity index (χ0n) is 9.16. The minimum Gasteiger partial charge on any atom is -0.314 e. The highest BCUT2D eigenvalue weighted by molar-refractivity contribution is 4.94. The molecule has 0 unspecified atom stereocenters. The summed E-state index contributed by atoms with van der Waals surface area (Å²) in [6, 6.07) is 0. The summed E-state index contributed by atoms with van der Waals surface area (Å²) in [6.07, 6.45) is 1.50. The van der Waals surface area contributed by atoms with Crippen LogP contribution in [-0.2, 0) is 10.4 Å². The molecule has 2 rings (SSSR count). The zero-order valence-corrected chi connectivity index (χ0v) is 9.16. The van der Waals surface area contributed by atoms with Crippen LogP contribution in [0.1, 0.15) is 19.7 Å². The standard InChI is InChI=1S/C9H17N5O/c1-9(2,8-11-7-12-13-8)15-14-5-3-10-4-6-14/h7,10H,3-6H2,1-2H3,(H,11,12,13). The lowest BCUT2D eigenvalue weighted by Crippen LogP contribution is -2.46. The molecule has 6 heteroatoms. The molecule has 0 saturated carbocycles. The molecule has 0 spiro atoms. The molecule has 0 atom stereocenters. The Hall–Kier alpha value is -0.980. The Morgan fingerprint density at radius 2 is 2.13 bits per heavy atom. The molecule has 2 heterocycles. The van der Waals surface area contributed by atoms with Crippen molar-refractivity contribution in [3.8, 4) is 0 Å². The van der Waals surface area contributed by atoms with Gasteiger partial charge in [-0.1, -0.05) is 0 Å². The van der Waals surface area contributed by atoms with Gasteiger partial charge in [-0.2, -0.15) is 10.2 Å². The molecule has 1 saturated heterocycles. The smallest absolute Gasteiger partial charge is 0.158 e. The molecular weight excluding hydrogens is 194 g/mol. The largest absolute Gasteiger partial charge is 0.314 e. The second-order valence-electron chi connectivity index (χ2n) is 4.11. The van der Waals surface area contributed by atoms with Gasteiger partial charge >= 0.3 is 0 Å². The summed E-state index contributed by atoms with van der Waals surface area (Å²) in [5.74, 6) is 0.751. The minimum atomic E-state index is -0.451. The molecule has 1 aromatic rings. The number of rotatable bonds is 3. The van der Waals surface area contributed by atoms with Crippen LogP contribution < -0.4 is 5.32 Å². The molecule has 0 aliphatic carbocycles. The average Bonchev–Trinajstić information content (AvgIpc) is 2.71. The first kappa shape index (κ1) is 10.5. The second kappa shape index (κ2) is 4.26. The number of nitrogens with zero attached hydrogens (tertiary/aromatic N) is 3. The van der Waals surface area contributed by atoms with Crippen molar-refractivity contribution in [3.63, 3.8) is 0 Å². The summed E-state index contributed by atoms with van der Waals surface area (Å²) in [7, 11) is 0. The predicted octanol–water partition coefficient (Wildman–Crippen LogP) is -0.123. The molecule has 0 bridgehead atoms. The van der Waals surface area contributed by atoms with Crippen LogP contribution >= 0.6 is 0 Å². The molecule has 84 valence electrons. The van der Waals surface area contributed by atoms with E-state index in [1.807, 2.05) is 18.9 Å². The molecule has 0 amide bonds. The fourth-order valence-electron chi connectivity index (χ4n) is 1.60. The van der Waals surface area contributed by atoms with Crippen LogP contribution in [0.4, 0.5) is 0 Å². The molecule has 1 aliphatic rings. The Balaban J connectivity index is 1.97. The first-order chi connectivity index (χ1) is 7.18. The van der Waals surface area contributed by atoms with Crippen molar-refractivity contribution < 1.29 is 4.84 Å². The number of aromatic amines is 1. The lowest BCUT2D eigenvalue weighted by Gasteiger charge is -2.33. The summed E-state index contributed by atoms with van der Waals surface area (Å²) in [4.78, 5) is 10.0. The van der Waals surface area contributed by atoms with E-state index in [9.17, 15) is 0 Å². The van der Waals surface area contributed by atoms with Crippen molar-refractivity contribution in [2.45, 2.75) is 19.4 Å². The summed E-state index contributed by atoms with van der Waals surface area (Å²) in [5.41, 5.74) is -0.451. The van der Waals surface area contributed by atoms with Gasteiger partial charge in [-0.15, -0.1) is 0 Å². The average molecular weight is 211 g/mol. The number of H-pyrrole nitrogens is 1. The van der Waals surface area contributed by atoms with Crippen molar-refractivity contribution in [3.05, 3.63) is 12.2 Å². The molecule has 15 heavy (non-hydrogen) atoms. The van der Waals surface area contributed by atoms with Crippen molar-refractivity contribution in [2.75, 3.05) is 26.2 Å². The normalized spacial score (nSPS) is 19.3. The quantitative estimate of drug-likeness (QED) is 0.729. The maximum absolute atomic E-state index is 5.88. The lowest BCUT2D eigenvalue weighted by atomic mass is 10.1. The third kappa shape index (κ3) is 2.53. The van der Waals surface area contributed by atoms with Crippen LogP contribution in [0.3, 0.4) is 0 Å². The maximum atomic E-state index is 5.88. The van der Waals surface area contributed by atoms with Crippen molar-refractivity contribution >= 4 is 0 Å². The molecular formula is C9H17N5O. The van der Waals surface area contributed by atoms with Crippen LogP contribution in [0.25, 0.3) is 0 Å². The van der Waals surface area contributed by atoms with E-state index in [1.54, 1.807) is 0 Å². The van der Waals surface area contributed by atoms with Gasteiger partial charge in [0, 0.05) is 26.2 Å². The van der Waals surface area contributed by atoms with Gasteiger partial charge in [0.05, 0.1) is 0 Å². The molecule has 1 fully saturated rings. The number of hydrogen-bond acceptors (Lipinski definition) is 5. The highest BCUT2D eigenvalue weighted by Gasteiger charge is 2.28. The van der Waals surface area contributed by atoms with Crippen LogP contribution in [-0.4, -0.2) is 46.4 Å². The van der Waals surface area contributed by atoms with E-state index in [4.69, 9.17) is 4.84 Å². The van der Waals surface area contributed by atoms with E-state index >= 15 is 0 Å². The Morgan fingerprint density at radius 3 is 2.73 bits per heavy atom. The van der Waals surface area contributed by atoms with E-state index in [0.29, 0.717) is 0 Å². The molecule has 2 N–H and O–H groups in total. The number of nitrogens with one attached hydrogen (secondary N) is 2. The van der Waals surface area contributed by atoms with E-state index in [1.165, 1.54) is 6.33 Å². The van der Waals surface area contributed by atoms with Gasteiger partial charge in [-0.25, -0.2) is 4.98 Å². The monoisotopic (exact) mass is 211 g/mol. The Morgan fingerprint density at radius 1 is 1.40 bits per heavy atom. The molecule has 0 radical (unpaired) electrons. The van der Waals surface area contributed by atoms with Crippen molar-refractivity contribution in [1.29, 1.82) is 0 Å². The van der Waals surface area contributed by atoms with Gasteiger partial charge < -0.3 is 5.32 Å². The Labute approximate surface area is 89.0 Å². The van der Waals surface area contributed by atoms with E-state index < -0.39 is 5.60 Å². The fourth-order valence-corrected chi connectivity index (χ4v) is 1.60. The predicted molar refractivity (Wildman–Crippen MR) is 54.9 cm³/mol. The highest BCUT2D eigenvalue weighted by Crippen LogP contribution is 2.21. The van der Waals surface area contributed by atoms with E-state index in [0.717, 1.165) is 32.0 Å². The van der Waals surface area contributed by atoms with Gasteiger partial charge in [0.15, 0.2) is 5.82 Å². The van der Waals surface area contributed by atoms with Crippen LogP contribution in [0.15, 0.2) is 6.33 Å². The first-order valence-corrected chi connectivity index (χ1v) is 5.19. The Kier molecular flexibility index (Phi) is 2.99. The third-order valence-corrected chi connectivity index (χ3v) is 2.42. The van der Waals surface area contributed by atoms with Gasteiger partial charge in [0.1, 0.15) is 11.9 Å². The number of hydrogen-bond donors (Lipinski definition) is 2. The van der Waals surface area contributed by atoms with Gasteiger partial charge in [0.2, 0.25) is 0 Å². The molecule has 0 aromatic carbocycles. The third-order valence-electron chi connectivity index (χ3n) is 2.42. The first-order valence-electron chi connectivity index (χ1n) is 5.19. The van der Waals surface area contributed by atoms with Gasteiger partial charge in [-0.3, -0.25) is 9.94 Å². The van der Waals surface area contributed by atoms with Crippen LogP contribution in [0.5, 0.6) is 0 Å². The molecule has 1 aliphatic heterocycles. The number of piperazine rings is 1. The molecule has 6 nitrogen and oxygen atoms in total. The Bertz CT molecular complexity index is 291. The van der Waals surface area contributed by atoms with Crippen molar-refractivity contribution in [2.24, 2.45) is 0 Å². The maximum Gasteiger partial charge on any atom is 0.158 e. The second-order valence-corrected chi connectivity index (χ2v) is 4.11. The van der Waals surface area contributed by atoms with Crippen LogP contribution in [0, 0.1) is 0 Å². The van der Waals surface area contributed by atoms with E-state index in [2.05, 4.69) is 20.5 Å². The zero-order chi connectivity index (χ0) is 10.7. The summed E-state index contributed by atoms with van der Waals surface area (Å²) < 4.78 is 0. The van der Waals surface area contributed by atoms with Crippen molar-refractivity contribution in [1.82, 2.24) is 25.6 Å². The summed E-state index contributed by atoms with van der Waals surface area (Å²) >= 11 is 0. The summed E-state index contributed by atoms with van der Waals surface area (Å²) in [6.45, 7) is 7.69. The molecule has 1 aromatic heterocycles. The topological polar surface area (TPSA) is 66.1 Å². The SMILES string of the molecule is CC(C)(ON1CCNCC1)c1ncn[nH]1. The summed E-state index contributed by atoms with van der Waals surface area (Å²) in [5, 5.41) is 11.9. The minimum absolute atomic E-state index is 0.451. The van der Waals surface area contributed by atoms with E-state index in [-0.39, 0.29) is 0 Å². The van der Waals surface area contributed by atoms with Gasteiger partial charge in [0.25, 0.3) is 0 Å². The number of hydroxylamine groups is 2. The lowest BCUT2D eigenvalue weighted by molar-refractivity contribution is -0.246. The highest BCUT2D eigenvalue weighted by atomic mass is 16.7. The number of aromatic nitrogens is 3. The van der Waals surface area contributed by atoms with Gasteiger partial charge in [-0.05, 0) is 13.8 Å². The fraction of sp³-hybridized carbons (Fsp3) is 0.778. The van der Waals surface area contributed by atoms with Crippen LogP contribution in [0.2, 0.25) is 0 Å².